The first-order valence-corrected chi connectivity index (χ1v) is 8.48. The Morgan fingerprint density at radius 1 is 1.35 bits per heavy atom. The van der Waals surface area contributed by atoms with E-state index in [1.807, 2.05) is 38.1 Å². The van der Waals surface area contributed by atoms with Gasteiger partial charge in [0.1, 0.15) is 6.61 Å². The van der Waals surface area contributed by atoms with Crippen molar-refractivity contribution in [1.29, 1.82) is 0 Å². The van der Waals surface area contributed by atoms with Gasteiger partial charge in [0.2, 0.25) is 5.91 Å². The smallest absolute Gasteiger partial charge is 0.232 e. The van der Waals surface area contributed by atoms with Crippen LogP contribution in [0.25, 0.3) is 5.65 Å². The van der Waals surface area contributed by atoms with Crippen molar-refractivity contribution in [1.82, 2.24) is 14.6 Å². The molecule has 1 N–H and O–H groups in total. The lowest BCUT2D eigenvalue weighted by atomic mass is 9.95. The van der Waals surface area contributed by atoms with Crippen LogP contribution < -0.4 is 14.8 Å². The normalized spacial score (nSPS) is 16.0. The maximum Gasteiger partial charge on any atom is 0.232 e. The summed E-state index contributed by atoms with van der Waals surface area (Å²) in [6, 6.07) is 9.44. The third kappa shape index (κ3) is 2.85. The molecule has 1 atom stereocenters. The van der Waals surface area contributed by atoms with Crippen molar-refractivity contribution in [3.05, 3.63) is 47.3 Å². The summed E-state index contributed by atoms with van der Waals surface area (Å²) < 4.78 is 12.8. The van der Waals surface area contributed by atoms with E-state index in [1.54, 1.807) is 17.7 Å². The number of nitrogens with zero attached hydrogens (tertiary/aromatic N) is 3. The highest BCUT2D eigenvalue weighted by atomic mass is 16.5. The molecule has 134 valence electrons. The van der Waals surface area contributed by atoms with E-state index >= 15 is 0 Å². The van der Waals surface area contributed by atoms with Gasteiger partial charge in [0.25, 0.3) is 0 Å². The number of hydrogen-bond acceptors (Lipinski definition) is 5. The average molecular weight is 352 g/mol. The van der Waals surface area contributed by atoms with Crippen LogP contribution in [0.4, 0.5) is 5.82 Å². The Morgan fingerprint density at radius 2 is 2.19 bits per heavy atom. The van der Waals surface area contributed by atoms with Gasteiger partial charge in [0, 0.05) is 17.5 Å². The highest BCUT2D eigenvalue weighted by Gasteiger charge is 2.28. The zero-order valence-electron chi connectivity index (χ0n) is 14.9. The number of nitrogens with one attached hydrogen (secondary N) is 1. The number of aryl methyl sites for hydroxylation is 2. The summed E-state index contributed by atoms with van der Waals surface area (Å²) in [5, 5.41) is 7.31. The number of anilines is 1. The molecule has 1 aliphatic rings. The van der Waals surface area contributed by atoms with Crippen LogP contribution in [0.2, 0.25) is 0 Å². The topological polar surface area (TPSA) is 77.8 Å². The van der Waals surface area contributed by atoms with Crippen molar-refractivity contribution in [3.8, 4) is 11.5 Å². The van der Waals surface area contributed by atoms with Gasteiger partial charge in [-0.25, -0.2) is 9.50 Å². The minimum absolute atomic E-state index is 0.115. The zero-order chi connectivity index (χ0) is 18.3. The number of ether oxygens (including phenoxy) is 2. The summed E-state index contributed by atoms with van der Waals surface area (Å²) in [5.74, 6) is 1.51. The van der Waals surface area contributed by atoms with E-state index < -0.39 is 0 Å². The van der Waals surface area contributed by atoms with Gasteiger partial charge in [-0.2, -0.15) is 0 Å². The van der Waals surface area contributed by atoms with Gasteiger partial charge in [-0.1, -0.05) is 12.1 Å². The number of carbonyl (C=O) groups excluding carboxylic acids is 1. The van der Waals surface area contributed by atoms with Crippen molar-refractivity contribution in [2.75, 3.05) is 19.0 Å². The maximum absolute atomic E-state index is 12.7. The molecule has 1 aliphatic heterocycles. The van der Waals surface area contributed by atoms with Gasteiger partial charge >= 0.3 is 0 Å². The van der Waals surface area contributed by atoms with Gasteiger partial charge < -0.3 is 14.8 Å². The van der Waals surface area contributed by atoms with E-state index in [2.05, 4.69) is 15.4 Å². The van der Waals surface area contributed by atoms with Crippen molar-refractivity contribution in [2.45, 2.75) is 20.3 Å². The van der Waals surface area contributed by atoms with Gasteiger partial charge in [0.05, 0.1) is 13.0 Å². The Bertz CT molecular complexity index is 996. The molecule has 4 rings (SSSR count). The lowest BCUT2D eigenvalue weighted by Crippen LogP contribution is -2.32. The lowest BCUT2D eigenvalue weighted by molar-refractivity contribution is -0.121. The predicted molar refractivity (Wildman–Crippen MR) is 96.8 cm³/mol. The number of para-hydroxylation sites is 1. The van der Waals surface area contributed by atoms with E-state index in [9.17, 15) is 4.79 Å². The largest absolute Gasteiger partial charge is 0.493 e. The van der Waals surface area contributed by atoms with Gasteiger partial charge in [-0.05, 0) is 38.0 Å². The fourth-order valence-electron chi connectivity index (χ4n) is 3.30. The van der Waals surface area contributed by atoms with Gasteiger partial charge in [-0.15, -0.1) is 5.10 Å². The van der Waals surface area contributed by atoms with E-state index in [4.69, 9.17) is 9.47 Å². The summed E-state index contributed by atoms with van der Waals surface area (Å²) in [4.78, 5) is 17.1. The molecule has 26 heavy (non-hydrogen) atoms. The molecular weight excluding hydrogens is 332 g/mol. The molecule has 0 spiro atoms. The quantitative estimate of drug-likeness (QED) is 0.784. The van der Waals surface area contributed by atoms with E-state index in [1.165, 1.54) is 0 Å². The molecule has 1 amide bonds. The fourth-order valence-corrected chi connectivity index (χ4v) is 3.30. The molecule has 1 aromatic carbocycles. The second kappa shape index (κ2) is 6.33. The second-order valence-electron chi connectivity index (χ2n) is 6.49. The number of rotatable bonds is 3. The molecule has 7 heteroatoms. The molecule has 3 heterocycles. The molecule has 1 unspecified atom stereocenters. The molecule has 0 fully saturated rings. The molecule has 0 aliphatic carbocycles. The number of carbonyl (C=O) groups is 1. The molecule has 0 saturated heterocycles. The van der Waals surface area contributed by atoms with Crippen molar-refractivity contribution in [2.24, 2.45) is 5.92 Å². The van der Waals surface area contributed by atoms with Crippen LogP contribution in [0.15, 0.2) is 30.3 Å². The van der Waals surface area contributed by atoms with Gasteiger partial charge in [0.15, 0.2) is 23.0 Å². The first kappa shape index (κ1) is 16.4. The Labute approximate surface area is 151 Å². The Balaban J connectivity index is 1.53. The van der Waals surface area contributed by atoms with Crippen LogP contribution in [0, 0.1) is 19.8 Å². The van der Waals surface area contributed by atoms with Crippen LogP contribution in [0.1, 0.15) is 17.0 Å². The highest BCUT2D eigenvalue weighted by molar-refractivity contribution is 5.92. The van der Waals surface area contributed by atoms with Crippen molar-refractivity contribution < 1.29 is 14.3 Å². The second-order valence-corrected chi connectivity index (χ2v) is 6.49. The molecule has 3 aromatic rings. The van der Waals surface area contributed by atoms with E-state index in [0.29, 0.717) is 30.2 Å². The SMILES string of the molecule is COc1cccc2c1OCC(C(=O)Nc1cc3nc(C)cc(C)n3n1)C2. The first-order chi connectivity index (χ1) is 12.5. The molecule has 0 saturated carbocycles. The van der Waals surface area contributed by atoms with Crippen LogP contribution >= 0.6 is 0 Å². The number of hydrogen-bond donors (Lipinski definition) is 1. The standard InChI is InChI=1S/C19H20N4O3/c1-11-7-12(2)23-17(20-11)9-16(22-23)21-19(24)14-8-13-5-4-6-15(25-3)18(13)26-10-14/h4-7,9,14H,8,10H2,1-3H3,(H,21,22,24). The number of benzene rings is 1. The Hall–Kier alpha value is -3.09. The minimum atomic E-state index is -0.282. The van der Waals surface area contributed by atoms with Crippen molar-refractivity contribution in [3.63, 3.8) is 0 Å². The maximum atomic E-state index is 12.7. The first-order valence-electron chi connectivity index (χ1n) is 8.48. The summed E-state index contributed by atoms with van der Waals surface area (Å²) in [6.45, 7) is 4.20. The fraction of sp³-hybridized carbons (Fsp3) is 0.316. The van der Waals surface area contributed by atoms with Crippen LogP contribution in [0.5, 0.6) is 11.5 Å². The highest BCUT2D eigenvalue weighted by Crippen LogP contribution is 2.36. The Morgan fingerprint density at radius 3 is 3.00 bits per heavy atom. The number of methoxy groups -OCH3 is 1. The summed E-state index contributed by atoms with van der Waals surface area (Å²) in [7, 11) is 1.61. The van der Waals surface area contributed by atoms with E-state index in [0.717, 1.165) is 22.7 Å². The van der Waals surface area contributed by atoms with E-state index in [-0.39, 0.29) is 11.8 Å². The summed E-state index contributed by atoms with van der Waals surface area (Å²) in [6.07, 6.45) is 0.599. The van der Waals surface area contributed by atoms with Gasteiger partial charge in [-0.3, -0.25) is 4.79 Å². The number of aromatic nitrogens is 3. The number of amides is 1. The molecular formula is C19H20N4O3. The van der Waals surface area contributed by atoms with Crippen LogP contribution in [-0.2, 0) is 11.2 Å². The third-order valence-corrected chi connectivity index (χ3v) is 4.53. The molecule has 0 radical (unpaired) electrons. The summed E-state index contributed by atoms with van der Waals surface area (Å²) in [5.41, 5.74) is 3.57. The summed E-state index contributed by atoms with van der Waals surface area (Å²) >= 11 is 0. The lowest BCUT2D eigenvalue weighted by Gasteiger charge is -2.25. The molecule has 2 aromatic heterocycles. The van der Waals surface area contributed by atoms with Crippen LogP contribution in [0.3, 0.4) is 0 Å². The monoisotopic (exact) mass is 352 g/mol. The Kier molecular flexibility index (Phi) is 3.99. The third-order valence-electron chi connectivity index (χ3n) is 4.53. The minimum Gasteiger partial charge on any atom is -0.493 e. The molecule has 0 bridgehead atoms. The van der Waals surface area contributed by atoms with Crippen molar-refractivity contribution >= 4 is 17.4 Å². The average Bonchev–Trinajstić information content (AvgIpc) is 3.03. The van der Waals surface area contributed by atoms with Crippen LogP contribution in [-0.4, -0.2) is 34.2 Å². The zero-order valence-corrected chi connectivity index (χ0v) is 14.9. The number of fused-ring (bicyclic) bond motifs is 2. The predicted octanol–water partition coefficient (Wildman–Crippen LogP) is 2.54. The molecule has 7 nitrogen and oxygen atoms in total.